The average molecular weight is 337 g/mol. The maximum Gasteiger partial charge on any atom is 0.279 e. The van der Waals surface area contributed by atoms with Crippen LogP contribution in [0, 0.1) is 0 Å². The molecule has 1 N–H and O–H groups in total. The van der Waals surface area contributed by atoms with Gasteiger partial charge in [-0.25, -0.2) is 4.98 Å². The molecular weight excluding hydrogens is 318 g/mol. The summed E-state index contributed by atoms with van der Waals surface area (Å²) in [4.78, 5) is 7.11. The quantitative estimate of drug-likeness (QED) is 0.789. The maximum atomic E-state index is 5.92. The molecule has 0 amide bonds. The lowest BCUT2D eigenvalue weighted by atomic mass is 10.2. The summed E-state index contributed by atoms with van der Waals surface area (Å²) in [5.41, 5.74) is 2.34. The van der Waals surface area contributed by atoms with E-state index in [-0.39, 0.29) is 0 Å². The van der Waals surface area contributed by atoms with E-state index in [9.17, 15) is 0 Å². The highest BCUT2D eigenvalue weighted by Crippen LogP contribution is 2.31. The fourth-order valence-corrected chi connectivity index (χ4v) is 4.57. The third kappa shape index (κ3) is 2.69. The molecule has 2 fully saturated rings. The van der Waals surface area contributed by atoms with Crippen LogP contribution in [-0.2, 0) is 6.54 Å². The van der Waals surface area contributed by atoms with Crippen molar-refractivity contribution < 1.29 is 4.74 Å². The van der Waals surface area contributed by atoms with Gasteiger partial charge < -0.3 is 10.1 Å². The molecule has 24 heavy (non-hydrogen) atoms. The van der Waals surface area contributed by atoms with Gasteiger partial charge in [0.2, 0.25) is 0 Å². The normalized spacial score (nSPS) is 23.2. The summed E-state index contributed by atoms with van der Waals surface area (Å²) >= 11 is 1.58. The molecule has 0 saturated carbocycles. The number of benzene rings is 2. The maximum absolute atomic E-state index is 5.92. The number of nitrogens with one attached hydrogen (secondary N) is 1. The fourth-order valence-electron chi connectivity index (χ4n) is 3.73. The Hall–Kier alpha value is -1.95. The van der Waals surface area contributed by atoms with Crippen LogP contribution >= 0.6 is 11.3 Å². The molecule has 3 aromatic rings. The number of aromatic nitrogens is 1. The van der Waals surface area contributed by atoms with Crippen LogP contribution in [0.4, 0.5) is 0 Å². The molecule has 1 aromatic heterocycles. The Balaban J connectivity index is 1.27. The van der Waals surface area contributed by atoms with Crippen molar-refractivity contribution in [2.45, 2.75) is 25.0 Å². The summed E-state index contributed by atoms with van der Waals surface area (Å²) < 4.78 is 7.08. The van der Waals surface area contributed by atoms with Crippen molar-refractivity contribution in [2.24, 2.45) is 0 Å². The Morgan fingerprint density at radius 3 is 2.79 bits per heavy atom. The van der Waals surface area contributed by atoms with Crippen molar-refractivity contribution in [2.75, 3.05) is 13.1 Å². The molecule has 2 aliphatic heterocycles. The molecule has 2 atom stereocenters. The number of thiazole rings is 1. The van der Waals surface area contributed by atoms with E-state index in [1.807, 2.05) is 30.3 Å². The molecular formula is C19H19N3OS. The van der Waals surface area contributed by atoms with Crippen LogP contribution in [0.15, 0.2) is 48.5 Å². The van der Waals surface area contributed by atoms with Gasteiger partial charge >= 0.3 is 0 Å². The lowest BCUT2D eigenvalue weighted by Gasteiger charge is -2.27. The van der Waals surface area contributed by atoms with Gasteiger partial charge in [-0.2, -0.15) is 0 Å². The third-order valence-electron chi connectivity index (χ3n) is 4.96. The molecule has 2 saturated heterocycles. The highest BCUT2D eigenvalue weighted by Gasteiger charge is 2.37. The Labute approximate surface area is 145 Å². The summed E-state index contributed by atoms with van der Waals surface area (Å²) in [6.45, 7) is 3.35. The molecule has 0 spiro atoms. The minimum absolute atomic E-state index is 0.701. The number of fused-ring (bicyclic) bond motifs is 3. The molecule has 122 valence electrons. The van der Waals surface area contributed by atoms with Crippen LogP contribution in [0.1, 0.15) is 12.0 Å². The van der Waals surface area contributed by atoms with Gasteiger partial charge in [-0.1, -0.05) is 35.6 Å². The van der Waals surface area contributed by atoms with E-state index in [2.05, 4.69) is 33.4 Å². The van der Waals surface area contributed by atoms with Crippen LogP contribution in [0.3, 0.4) is 0 Å². The van der Waals surface area contributed by atoms with Crippen molar-refractivity contribution in [3.63, 3.8) is 0 Å². The number of para-hydroxylation sites is 1. The first-order valence-corrected chi connectivity index (χ1v) is 9.25. The second-order valence-corrected chi connectivity index (χ2v) is 7.61. The van der Waals surface area contributed by atoms with Crippen LogP contribution in [0.5, 0.6) is 10.9 Å². The number of hydrogen-bond donors (Lipinski definition) is 1. The summed E-state index contributed by atoms with van der Waals surface area (Å²) in [7, 11) is 0. The molecule has 2 aliphatic rings. The number of hydrogen-bond acceptors (Lipinski definition) is 5. The fraction of sp³-hybridized carbons (Fsp3) is 0.316. The molecule has 2 aromatic carbocycles. The monoisotopic (exact) mass is 337 g/mol. The van der Waals surface area contributed by atoms with Crippen LogP contribution < -0.4 is 10.1 Å². The first kappa shape index (κ1) is 14.4. The largest absolute Gasteiger partial charge is 0.431 e. The smallest absolute Gasteiger partial charge is 0.279 e. The van der Waals surface area contributed by atoms with Gasteiger partial charge in [0.1, 0.15) is 5.75 Å². The van der Waals surface area contributed by atoms with Gasteiger partial charge in [-0.3, -0.25) is 4.90 Å². The van der Waals surface area contributed by atoms with Gasteiger partial charge in [0.25, 0.3) is 5.19 Å². The Morgan fingerprint density at radius 1 is 1.17 bits per heavy atom. The summed E-state index contributed by atoms with van der Waals surface area (Å²) in [5.74, 6) is 0.849. The van der Waals surface area contributed by atoms with Crippen LogP contribution in [0.25, 0.3) is 10.2 Å². The van der Waals surface area contributed by atoms with Crippen molar-refractivity contribution in [1.29, 1.82) is 0 Å². The van der Waals surface area contributed by atoms with Gasteiger partial charge in [-0.05, 0) is 36.2 Å². The topological polar surface area (TPSA) is 37.4 Å². The molecule has 0 aliphatic carbocycles. The first-order valence-electron chi connectivity index (χ1n) is 8.43. The summed E-state index contributed by atoms with van der Waals surface area (Å²) in [6.07, 6.45) is 1.30. The molecule has 3 heterocycles. The van der Waals surface area contributed by atoms with Gasteiger partial charge in [-0.15, -0.1) is 0 Å². The molecule has 0 radical (unpaired) electrons. The predicted octanol–water partition coefficient (Wildman–Crippen LogP) is 3.63. The van der Waals surface area contributed by atoms with Gasteiger partial charge in [0.15, 0.2) is 0 Å². The molecule has 5 rings (SSSR count). The highest BCUT2D eigenvalue weighted by atomic mass is 32.1. The predicted molar refractivity (Wildman–Crippen MR) is 96.7 cm³/mol. The van der Waals surface area contributed by atoms with E-state index in [0.29, 0.717) is 17.3 Å². The average Bonchev–Trinajstić information content (AvgIpc) is 3.31. The van der Waals surface area contributed by atoms with E-state index >= 15 is 0 Å². The lowest BCUT2D eigenvalue weighted by Crippen LogP contribution is -2.42. The molecule has 2 unspecified atom stereocenters. The van der Waals surface area contributed by atoms with E-state index < -0.39 is 0 Å². The zero-order valence-corrected chi connectivity index (χ0v) is 14.1. The number of piperazine rings is 1. The minimum atomic E-state index is 0.701. The standard InChI is InChI=1S/C19H19N3OS/c1-2-4-18-17(3-1)21-19(24-18)23-16-7-5-13(6-8-16)11-22-12-14-9-15(22)10-20-14/h1-8,14-15,20H,9-12H2. The summed E-state index contributed by atoms with van der Waals surface area (Å²) in [6, 6.07) is 18.0. The molecule has 2 bridgehead atoms. The summed E-state index contributed by atoms with van der Waals surface area (Å²) in [5, 5.41) is 4.25. The van der Waals surface area contributed by atoms with Gasteiger partial charge in [0, 0.05) is 31.7 Å². The van der Waals surface area contributed by atoms with E-state index in [0.717, 1.165) is 29.1 Å². The Morgan fingerprint density at radius 2 is 2.04 bits per heavy atom. The molecule has 5 heteroatoms. The van der Waals surface area contributed by atoms with Crippen molar-refractivity contribution in [1.82, 2.24) is 15.2 Å². The highest BCUT2D eigenvalue weighted by molar-refractivity contribution is 7.20. The van der Waals surface area contributed by atoms with E-state index in [1.165, 1.54) is 18.5 Å². The second kappa shape index (κ2) is 5.84. The van der Waals surface area contributed by atoms with Crippen molar-refractivity contribution >= 4 is 21.6 Å². The number of nitrogens with zero attached hydrogens (tertiary/aromatic N) is 2. The van der Waals surface area contributed by atoms with Crippen LogP contribution in [-0.4, -0.2) is 35.1 Å². The number of ether oxygens (including phenoxy) is 1. The second-order valence-electron chi connectivity index (χ2n) is 6.62. The Bertz CT molecular complexity index is 827. The van der Waals surface area contributed by atoms with Crippen LogP contribution in [0.2, 0.25) is 0 Å². The first-order chi connectivity index (χ1) is 11.8. The Kier molecular flexibility index (Phi) is 3.51. The van der Waals surface area contributed by atoms with Gasteiger partial charge in [0.05, 0.1) is 10.2 Å². The number of likely N-dealkylation sites (tertiary alicyclic amines) is 1. The van der Waals surface area contributed by atoms with Crippen molar-refractivity contribution in [3.05, 3.63) is 54.1 Å². The zero-order valence-electron chi connectivity index (χ0n) is 13.3. The van der Waals surface area contributed by atoms with Crippen molar-refractivity contribution in [3.8, 4) is 10.9 Å². The lowest BCUT2D eigenvalue weighted by molar-refractivity contribution is 0.218. The van der Waals surface area contributed by atoms with E-state index in [1.54, 1.807) is 11.3 Å². The zero-order chi connectivity index (χ0) is 15.9. The number of rotatable bonds is 4. The SMILES string of the molecule is c1ccc2sc(Oc3ccc(CN4CC5CC4CN5)cc3)nc2c1. The molecule has 4 nitrogen and oxygen atoms in total. The third-order valence-corrected chi connectivity index (χ3v) is 5.87. The van der Waals surface area contributed by atoms with E-state index in [4.69, 9.17) is 4.74 Å². The minimum Gasteiger partial charge on any atom is -0.431 e.